The van der Waals surface area contributed by atoms with Crippen LogP contribution < -0.4 is 58.8 Å². The first-order chi connectivity index (χ1) is 55.9. The van der Waals surface area contributed by atoms with Gasteiger partial charge in [-0.05, 0) is 213 Å². The van der Waals surface area contributed by atoms with Gasteiger partial charge in [0.1, 0.15) is 49.3 Å². The summed E-state index contributed by atoms with van der Waals surface area (Å²) >= 11 is 0. The first-order valence-corrected chi connectivity index (χ1v) is 40.7. The van der Waals surface area contributed by atoms with Crippen LogP contribution in [0.1, 0.15) is 77.6 Å². The van der Waals surface area contributed by atoms with E-state index in [9.17, 15) is 0 Å². The molecule has 8 aliphatic rings. The van der Waals surface area contributed by atoms with Crippen LogP contribution in [0.4, 0.5) is 91.5 Å². The monoisotopic (exact) mass is 1540 g/mol. The second-order valence-corrected chi connectivity index (χ2v) is 32.2. The van der Waals surface area contributed by atoms with E-state index in [0.717, 1.165) is 45.3 Å². The smallest absolute Gasteiger partial charge is 0.178 e. The van der Waals surface area contributed by atoms with Gasteiger partial charge in [0.05, 0.1) is 44.8 Å². The Labute approximate surface area is 684 Å². The van der Waals surface area contributed by atoms with E-state index in [1.54, 1.807) is 0 Å². The molecular weight excluding hydrogens is 1430 g/mol. The minimum Gasteiger partial charge on any atom is -0.359 e. The molecule has 20 rings (SSSR count). The van der Waals surface area contributed by atoms with E-state index in [2.05, 4.69) is 431 Å². The highest BCUT2D eigenvalue weighted by Crippen LogP contribution is 2.52. The Morgan fingerprint density at radius 2 is 0.483 bits per heavy atom. The number of nitrogens with zero attached hydrogens (tertiary/aromatic N) is 20. The lowest BCUT2D eigenvalue weighted by Gasteiger charge is -2.32. The van der Waals surface area contributed by atoms with Gasteiger partial charge in [0.15, 0.2) is 23.3 Å². The number of rotatable bonds is 8. The van der Waals surface area contributed by atoms with Crippen molar-refractivity contribution >= 4 is 135 Å². The Kier molecular flexibility index (Phi) is 19.5. The van der Waals surface area contributed by atoms with Crippen LogP contribution in [-0.2, 0) is 0 Å². The van der Waals surface area contributed by atoms with Crippen LogP contribution in [0.2, 0.25) is 0 Å². The first-order valence-electron chi connectivity index (χ1n) is 40.7. The van der Waals surface area contributed by atoms with Gasteiger partial charge in [-0.1, -0.05) is 97.1 Å². The summed E-state index contributed by atoms with van der Waals surface area (Å²) in [6.07, 6.45) is 19.2. The maximum atomic E-state index is 5.06. The van der Waals surface area contributed by atoms with E-state index in [4.69, 9.17) is 19.9 Å². The van der Waals surface area contributed by atoms with Crippen molar-refractivity contribution in [2.75, 3.05) is 115 Å². The maximum absolute atomic E-state index is 5.06. The molecule has 0 saturated carbocycles. The van der Waals surface area contributed by atoms with Gasteiger partial charge in [0, 0.05) is 162 Å². The predicted molar refractivity (Wildman–Crippen MR) is 487 cm³/mol. The quantitative estimate of drug-likeness (QED) is 0.144. The molecule has 3 aromatic heterocycles. The minimum absolute atomic E-state index is 0.130. The fraction of sp³-hybridized carbons (Fsp3) is 0.292. The van der Waals surface area contributed by atoms with Crippen molar-refractivity contribution in [3.63, 3.8) is 0 Å². The zero-order valence-electron chi connectivity index (χ0n) is 70.7. The molecule has 592 valence electrons. The normalized spacial score (nSPS) is 20.9. The molecule has 20 heteroatoms. The fourth-order valence-electron chi connectivity index (χ4n) is 17.9. The zero-order valence-corrected chi connectivity index (χ0v) is 70.7. The molecule has 116 heavy (non-hydrogen) atoms. The number of pyridine rings is 2. The Bertz CT molecular complexity index is 5200. The third-order valence-electron chi connectivity index (χ3n) is 26.0. The number of para-hydroxylation sites is 4. The first kappa shape index (κ1) is 75.8. The summed E-state index contributed by atoms with van der Waals surface area (Å²) in [4.78, 5) is 56.9. The van der Waals surface area contributed by atoms with Crippen LogP contribution in [0.15, 0.2) is 244 Å². The molecule has 20 nitrogen and oxygen atoms in total. The molecule has 0 saturated heterocycles. The minimum atomic E-state index is 0.130. The molecule has 0 aliphatic carbocycles. The number of fused-ring (bicyclic) bond motifs is 8. The number of aromatic nitrogens is 4. The third kappa shape index (κ3) is 12.7. The molecule has 11 heterocycles. The number of anilines is 16. The topological polar surface area (TPSA) is 103 Å². The average Bonchev–Trinajstić information content (AvgIpc) is 1.61. The Morgan fingerprint density at radius 1 is 0.207 bits per heavy atom. The molecule has 0 radical (unpaired) electrons. The van der Waals surface area contributed by atoms with Gasteiger partial charge in [0.2, 0.25) is 0 Å². The van der Waals surface area contributed by atoms with Gasteiger partial charge in [-0.15, -0.1) is 0 Å². The molecule has 0 bridgehead atoms. The van der Waals surface area contributed by atoms with Gasteiger partial charge in [-0.2, -0.15) is 0 Å². The zero-order chi connectivity index (χ0) is 81.1. The van der Waals surface area contributed by atoms with Crippen molar-refractivity contribution in [2.45, 2.75) is 132 Å². The molecule has 0 fully saturated rings. The van der Waals surface area contributed by atoms with E-state index < -0.39 is 0 Å². The fourth-order valence-corrected chi connectivity index (χ4v) is 17.9. The van der Waals surface area contributed by atoms with Gasteiger partial charge < -0.3 is 78.4 Å². The Hall–Kier alpha value is -12.8. The van der Waals surface area contributed by atoms with Crippen molar-refractivity contribution in [1.29, 1.82) is 0 Å². The lowest BCUT2D eigenvalue weighted by Crippen LogP contribution is -2.37. The van der Waals surface area contributed by atoms with E-state index in [1.165, 1.54) is 112 Å². The molecule has 8 atom stereocenters. The van der Waals surface area contributed by atoms with Crippen LogP contribution in [0.3, 0.4) is 0 Å². The number of hydrogen-bond acceptors (Lipinski definition) is 20. The SMILES string of the molecule is Cc1c(N2C=CN(C)[C@H]2C)cccc1N1c2cc3ccccc3cc2N(C)[C@@H]1C.Cc1c(N2C=CN(C)[C@H]2C)cccc1N1c2cc3ccccc3nc2N(C)[C@@H]1C.Cc1c(N2C=CN(C)[C@H]2C)cccc1N1c2nc3ccccc3cc2N(C)[C@@H]1C.Cc1c(N2C=CN(C)[C@H]2C)cccc1N1c2nc3ccccc3nc2N(C)[C@@H]1C. The van der Waals surface area contributed by atoms with Crippen LogP contribution in [0.25, 0.3) is 43.6 Å². The van der Waals surface area contributed by atoms with Crippen LogP contribution in [0.5, 0.6) is 0 Å². The molecule has 0 N–H and O–H groups in total. The predicted octanol–water partition coefficient (Wildman–Crippen LogP) is 20.2. The van der Waals surface area contributed by atoms with Crippen molar-refractivity contribution in [3.8, 4) is 0 Å². The third-order valence-corrected chi connectivity index (χ3v) is 26.0. The largest absolute Gasteiger partial charge is 0.359 e. The Morgan fingerprint density at radius 3 is 0.897 bits per heavy atom. The van der Waals surface area contributed by atoms with Crippen LogP contribution in [0, 0.1) is 27.7 Å². The van der Waals surface area contributed by atoms with Crippen LogP contribution >= 0.6 is 0 Å². The lowest BCUT2D eigenvalue weighted by atomic mass is 10.1. The van der Waals surface area contributed by atoms with E-state index in [1.807, 2.05) is 30.3 Å². The second kappa shape index (κ2) is 29.8. The highest BCUT2D eigenvalue weighted by molar-refractivity contribution is 5.99. The molecule has 0 spiro atoms. The van der Waals surface area contributed by atoms with Gasteiger partial charge in [-0.3, -0.25) is 0 Å². The average molecular weight is 1540 g/mol. The maximum Gasteiger partial charge on any atom is 0.178 e. The van der Waals surface area contributed by atoms with Crippen molar-refractivity contribution < 1.29 is 0 Å². The highest BCUT2D eigenvalue weighted by Gasteiger charge is 2.41. The summed E-state index contributed by atoms with van der Waals surface area (Å²) in [7, 11) is 17.0. The van der Waals surface area contributed by atoms with Crippen molar-refractivity contribution in [1.82, 2.24) is 39.5 Å². The standard InChI is InChI=1S/C25H28N4.2C24H27N5.C23H26N6/c1-17-22(28-14-13-26(4)18(28)2)11-8-12-23(17)29-19(3)27(5)24-15-20-9-6-7-10-21(20)16-25(24)29;1-16-21(28-14-13-26(4)17(28)2)11-8-12-22(16)29-18(3)27(5)24-23(29)15-19-9-6-7-10-20(19)25-24;1-16-21(28-14-13-26(4)17(28)2)11-8-12-22(16)29-18(3)27(5)23-15-19-9-6-7-10-20(19)25-24(23)29;1-15-20(28-14-13-26(4)16(28)2)11-8-12-21(15)29-17(3)27(5)22-23(29)25-19-10-7-6-9-18(19)24-22/h6-16,18-19H,1-5H3;2*6-15,17-18H,1-5H3;6-14,16-17H,1-5H3/t18-,19+;2*17-,18+;16-,17+/m1111/s1. The van der Waals surface area contributed by atoms with Gasteiger partial charge in [0.25, 0.3) is 0 Å². The number of benzene rings is 9. The molecule has 12 aromatic rings. The Balaban J connectivity index is 0.000000111. The summed E-state index contributed by atoms with van der Waals surface area (Å²) in [5.74, 6) is 3.91. The van der Waals surface area contributed by atoms with Crippen molar-refractivity contribution in [2.24, 2.45) is 0 Å². The summed E-state index contributed by atoms with van der Waals surface area (Å²) in [5, 5.41) is 4.92. The molecular formula is C96H108N20. The van der Waals surface area contributed by atoms with E-state index in [0.29, 0.717) is 24.7 Å². The van der Waals surface area contributed by atoms with Gasteiger partial charge in [-0.25, -0.2) is 19.9 Å². The summed E-state index contributed by atoms with van der Waals surface area (Å²) < 4.78 is 0. The second-order valence-electron chi connectivity index (χ2n) is 32.2. The summed E-state index contributed by atoms with van der Waals surface area (Å²) in [5.41, 5.74) is 23.7. The van der Waals surface area contributed by atoms with E-state index in [-0.39, 0.29) is 24.7 Å². The van der Waals surface area contributed by atoms with Crippen LogP contribution in [-0.4, -0.2) is 145 Å². The van der Waals surface area contributed by atoms with Crippen molar-refractivity contribution in [3.05, 3.63) is 266 Å². The summed E-state index contributed by atoms with van der Waals surface area (Å²) in [6.45, 7) is 26.7. The molecule has 9 aromatic carbocycles. The molecule has 0 amide bonds. The molecule has 8 aliphatic heterocycles. The van der Waals surface area contributed by atoms with Gasteiger partial charge >= 0.3 is 0 Å². The number of hydrogen-bond donors (Lipinski definition) is 0. The molecule has 0 unspecified atom stereocenters. The van der Waals surface area contributed by atoms with E-state index >= 15 is 0 Å². The lowest BCUT2D eigenvalue weighted by molar-refractivity contribution is 0.383. The summed E-state index contributed by atoms with van der Waals surface area (Å²) in [6, 6.07) is 68.9. The highest BCUT2D eigenvalue weighted by atomic mass is 15.5.